The largest absolute Gasteiger partial charge is 0.368 e. The zero-order valence-corrected chi connectivity index (χ0v) is 14.2. The minimum Gasteiger partial charge on any atom is -0.368 e. The molecule has 1 aliphatic heterocycles. The summed E-state index contributed by atoms with van der Waals surface area (Å²) in [5.74, 6) is -0.146. The number of benzene rings is 1. The van der Waals surface area contributed by atoms with Gasteiger partial charge in [-0.05, 0) is 24.8 Å². The summed E-state index contributed by atoms with van der Waals surface area (Å²) in [6.45, 7) is 2.87. The number of hydrogen-bond donors (Lipinski definition) is 1. The van der Waals surface area contributed by atoms with Crippen molar-refractivity contribution in [1.82, 2.24) is 9.80 Å². The van der Waals surface area contributed by atoms with Gasteiger partial charge in [0.25, 0.3) is 0 Å². The first-order valence-corrected chi connectivity index (χ1v) is 9.01. The highest BCUT2D eigenvalue weighted by Crippen LogP contribution is 2.28. The van der Waals surface area contributed by atoms with E-state index in [2.05, 4.69) is 17.0 Å². The Labute approximate surface area is 143 Å². The first-order chi connectivity index (χ1) is 11.6. The maximum atomic E-state index is 12.7. The van der Waals surface area contributed by atoms with Crippen LogP contribution >= 0.6 is 0 Å². The highest BCUT2D eigenvalue weighted by atomic mass is 16.2. The quantitative estimate of drug-likeness (QED) is 0.888. The Balaban J connectivity index is 1.58. The molecule has 2 fully saturated rings. The summed E-state index contributed by atoms with van der Waals surface area (Å²) >= 11 is 0. The van der Waals surface area contributed by atoms with Crippen LogP contribution < -0.4 is 5.73 Å². The molecule has 24 heavy (non-hydrogen) atoms. The smallest absolute Gasteiger partial charge is 0.241 e. The second kappa shape index (κ2) is 7.79. The first-order valence-electron chi connectivity index (χ1n) is 9.01. The zero-order chi connectivity index (χ0) is 16.9. The summed E-state index contributed by atoms with van der Waals surface area (Å²) < 4.78 is 0. The molecule has 2 aliphatic rings. The highest BCUT2D eigenvalue weighted by Gasteiger charge is 2.37. The van der Waals surface area contributed by atoms with Crippen LogP contribution in [0.15, 0.2) is 30.3 Å². The van der Waals surface area contributed by atoms with E-state index in [-0.39, 0.29) is 17.7 Å². The molecule has 1 heterocycles. The maximum absolute atomic E-state index is 12.7. The molecule has 0 spiro atoms. The van der Waals surface area contributed by atoms with Crippen molar-refractivity contribution in [2.45, 2.75) is 38.1 Å². The van der Waals surface area contributed by atoms with Gasteiger partial charge >= 0.3 is 0 Å². The lowest BCUT2D eigenvalue weighted by molar-refractivity contribution is -0.146. The van der Waals surface area contributed by atoms with Gasteiger partial charge in [-0.1, -0.05) is 43.2 Å². The van der Waals surface area contributed by atoms with Crippen molar-refractivity contribution in [2.24, 2.45) is 11.7 Å². The minimum absolute atomic E-state index is 0.0997. The van der Waals surface area contributed by atoms with Gasteiger partial charge in [0.15, 0.2) is 0 Å². The Bertz CT molecular complexity index is 569. The summed E-state index contributed by atoms with van der Waals surface area (Å²) in [6, 6.07) is 9.85. The molecule has 1 saturated heterocycles. The predicted octanol–water partition coefficient (Wildman–Crippen LogP) is 1.42. The number of primary amides is 1. The van der Waals surface area contributed by atoms with Crippen molar-refractivity contribution < 1.29 is 9.59 Å². The van der Waals surface area contributed by atoms with E-state index in [1.54, 1.807) is 4.90 Å². The van der Waals surface area contributed by atoms with E-state index in [1.807, 2.05) is 18.2 Å². The van der Waals surface area contributed by atoms with Gasteiger partial charge in [-0.25, -0.2) is 0 Å². The van der Waals surface area contributed by atoms with Gasteiger partial charge in [-0.15, -0.1) is 0 Å². The molecular formula is C19H27N3O2. The van der Waals surface area contributed by atoms with Crippen LogP contribution in [0.5, 0.6) is 0 Å². The molecule has 0 radical (unpaired) electrons. The standard InChI is InChI=1S/C19H27N3O2/c20-18(23)17-14-21(11-10-15-6-2-1-3-7-15)12-13-22(17)19(24)16-8-4-5-9-16/h1-3,6-7,16-17H,4-5,8-14H2,(H2,20,23). The molecular weight excluding hydrogens is 302 g/mol. The number of hydrogen-bond acceptors (Lipinski definition) is 3. The third kappa shape index (κ3) is 3.96. The normalized spacial score (nSPS) is 22.7. The third-order valence-corrected chi connectivity index (χ3v) is 5.34. The number of nitrogens with zero attached hydrogens (tertiary/aromatic N) is 2. The molecule has 2 amide bonds. The molecule has 0 bridgehead atoms. The van der Waals surface area contributed by atoms with Crippen LogP contribution in [-0.2, 0) is 16.0 Å². The molecule has 1 saturated carbocycles. The first kappa shape index (κ1) is 17.0. The number of rotatable bonds is 5. The van der Waals surface area contributed by atoms with E-state index < -0.39 is 6.04 Å². The molecule has 2 N–H and O–H groups in total. The van der Waals surface area contributed by atoms with E-state index >= 15 is 0 Å². The summed E-state index contributed by atoms with van der Waals surface area (Å²) in [7, 11) is 0. The Morgan fingerprint density at radius 2 is 1.79 bits per heavy atom. The van der Waals surface area contributed by atoms with Crippen LogP contribution in [0.3, 0.4) is 0 Å². The van der Waals surface area contributed by atoms with Crippen LogP contribution in [0.1, 0.15) is 31.2 Å². The highest BCUT2D eigenvalue weighted by molar-refractivity contribution is 5.88. The summed E-state index contributed by atoms with van der Waals surface area (Å²) in [4.78, 5) is 28.6. The molecule has 1 atom stereocenters. The van der Waals surface area contributed by atoms with Gasteiger partial charge < -0.3 is 10.6 Å². The van der Waals surface area contributed by atoms with E-state index in [0.29, 0.717) is 13.1 Å². The monoisotopic (exact) mass is 329 g/mol. The lowest BCUT2D eigenvalue weighted by atomic mass is 10.0. The fourth-order valence-electron chi connectivity index (χ4n) is 3.89. The van der Waals surface area contributed by atoms with E-state index in [1.165, 1.54) is 5.56 Å². The zero-order valence-electron chi connectivity index (χ0n) is 14.2. The Hall–Kier alpha value is -1.88. The molecule has 1 aromatic carbocycles. The summed E-state index contributed by atoms with van der Waals surface area (Å²) in [6.07, 6.45) is 5.10. The van der Waals surface area contributed by atoms with Crippen LogP contribution in [0.4, 0.5) is 0 Å². The van der Waals surface area contributed by atoms with Gasteiger partial charge in [0.05, 0.1) is 0 Å². The molecule has 5 heteroatoms. The second-order valence-corrected chi connectivity index (χ2v) is 6.97. The molecule has 130 valence electrons. The maximum Gasteiger partial charge on any atom is 0.241 e. The Kier molecular flexibility index (Phi) is 5.51. The number of piperazine rings is 1. The Morgan fingerprint density at radius 3 is 2.46 bits per heavy atom. The van der Waals surface area contributed by atoms with Gasteiger partial charge in [0.1, 0.15) is 6.04 Å². The fraction of sp³-hybridized carbons (Fsp3) is 0.579. The van der Waals surface area contributed by atoms with Gasteiger partial charge in [0.2, 0.25) is 11.8 Å². The molecule has 0 aromatic heterocycles. The van der Waals surface area contributed by atoms with Crippen molar-refractivity contribution in [3.8, 4) is 0 Å². The number of carbonyl (C=O) groups is 2. The lowest BCUT2D eigenvalue weighted by Gasteiger charge is -2.41. The van der Waals surface area contributed by atoms with Crippen molar-refractivity contribution in [3.63, 3.8) is 0 Å². The van der Waals surface area contributed by atoms with Crippen LogP contribution in [0.25, 0.3) is 0 Å². The number of nitrogens with two attached hydrogens (primary N) is 1. The average molecular weight is 329 g/mol. The molecule has 1 aromatic rings. The molecule has 1 aliphatic carbocycles. The van der Waals surface area contributed by atoms with Crippen LogP contribution in [0, 0.1) is 5.92 Å². The predicted molar refractivity (Wildman–Crippen MR) is 93.2 cm³/mol. The Morgan fingerprint density at radius 1 is 1.08 bits per heavy atom. The van der Waals surface area contributed by atoms with Gasteiger partial charge in [0, 0.05) is 32.1 Å². The molecule has 5 nitrogen and oxygen atoms in total. The summed E-state index contributed by atoms with van der Waals surface area (Å²) in [5.41, 5.74) is 6.89. The van der Waals surface area contributed by atoms with Crippen molar-refractivity contribution in [2.75, 3.05) is 26.2 Å². The second-order valence-electron chi connectivity index (χ2n) is 6.97. The SMILES string of the molecule is NC(=O)C1CN(CCc2ccccc2)CCN1C(=O)C1CCCC1. The van der Waals surface area contributed by atoms with E-state index in [0.717, 1.165) is 45.2 Å². The van der Waals surface area contributed by atoms with Crippen molar-refractivity contribution >= 4 is 11.8 Å². The van der Waals surface area contributed by atoms with Gasteiger partial charge in [-0.3, -0.25) is 14.5 Å². The average Bonchev–Trinajstić information content (AvgIpc) is 3.14. The van der Waals surface area contributed by atoms with Crippen LogP contribution in [-0.4, -0.2) is 53.8 Å². The summed E-state index contributed by atoms with van der Waals surface area (Å²) in [5, 5.41) is 0. The van der Waals surface area contributed by atoms with Crippen molar-refractivity contribution in [3.05, 3.63) is 35.9 Å². The number of carbonyl (C=O) groups excluding carboxylic acids is 2. The van der Waals surface area contributed by atoms with Crippen molar-refractivity contribution in [1.29, 1.82) is 0 Å². The topological polar surface area (TPSA) is 66.6 Å². The number of amides is 2. The van der Waals surface area contributed by atoms with E-state index in [9.17, 15) is 9.59 Å². The van der Waals surface area contributed by atoms with Gasteiger partial charge in [-0.2, -0.15) is 0 Å². The van der Waals surface area contributed by atoms with Crippen LogP contribution in [0.2, 0.25) is 0 Å². The molecule has 3 rings (SSSR count). The fourth-order valence-corrected chi connectivity index (χ4v) is 3.89. The lowest BCUT2D eigenvalue weighted by Crippen LogP contribution is -2.60. The minimum atomic E-state index is -0.484. The third-order valence-electron chi connectivity index (χ3n) is 5.34. The molecule has 1 unspecified atom stereocenters. The van der Waals surface area contributed by atoms with E-state index in [4.69, 9.17) is 5.73 Å².